The zero-order chi connectivity index (χ0) is 28.4. The largest absolute Gasteiger partial charge is 0.504 e. The van der Waals surface area contributed by atoms with Gasteiger partial charge in [0.15, 0.2) is 28.6 Å². The van der Waals surface area contributed by atoms with Crippen LogP contribution in [0.4, 0.5) is 0 Å². The maximum Gasteiger partial charge on any atom is 0.270 e. The Morgan fingerprint density at radius 1 is 0.800 bits per heavy atom. The predicted octanol–water partition coefficient (Wildman–Crippen LogP) is 3.48. The Hall–Kier alpha value is -3.92. The van der Waals surface area contributed by atoms with Crippen LogP contribution in [0.25, 0.3) is 11.3 Å². The number of hydrogen-bond acceptors (Lipinski definition) is 8. The maximum atomic E-state index is 12.2. The van der Waals surface area contributed by atoms with Crippen LogP contribution in [-0.2, 0) is 19.5 Å². The van der Waals surface area contributed by atoms with Gasteiger partial charge in [-0.3, -0.25) is 28.0 Å². The third kappa shape index (κ3) is 7.82. The first-order chi connectivity index (χ1) is 18.8. The minimum atomic E-state index is -0.491. The number of carbonyl (C=O) groups is 2. The van der Waals surface area contributed by atoms with Crippen molar-refractivity contribution in [2.45, 2.75) is 58.8 Å². The van der Waals surface area contributed by atoms with Crippen LogP contribution in [0.1, 0.15) is 79.5 Å². The average Bonchev–Trinajstić information content (AvgIpc) is 2.93. The number of pyridine rings is 2. The molecule has 0 aromatic carbocycles. The summed E-state index contributed by atoms with van der Waals surface area (Å²) in [5.41, 5.74) is -0.553. The van der Waals surface area contributed by atoms with E-state index in [9.17, 15) is 29.4 Å². The van der Waals surface area contributed by atoms with Crippen LogP contribution in [0.15, 0.2) is 58.6 Å². The Bertz CT molecular complexity index is 1580. The van der Waals surface area contributed by atoms with Crippen molar-refractivity contribution >= 4 is 23.0 Å². The van der Waals surface area contributed by atoms with Crippen LogP contribution < -0.4 is 16.4 Å². The molecule has 4 aromatic rings. The fourth-order valence-corrected chi connectivity index (χ4v) is 3.85. The van der Waals surface area contributed by atoms with Crippen molar-refractivity contribution in [3.63, 3.8) is 0 Å². The molecule has 4 rings (SSSR count). The van der Waals surface area contributed by atoms with Gasteiger partial charge >= 0.3 is 0 Å². The monoisotopic (exact) mass is 599 g/mol. The minimum absolute atomic E-state index is 0. The second kappa shape index (κ2) is 15.6. The van der Waals surface area contributed by atoms with E-state index >= 15 is 0 Å². The van der Waals surface area contributed by atoms with Crippen LogP contribution >= 0.6 is 0 Å². The molecule has 4 heterocycles. The smallest absolute Gasteiger partial charge is 0.270 e. The summed E-state index contributed by atoms with van der Waals surface area (Å²) in [7, 11) is 0. The third-order valence-corrected chi connectivity index (χ3v) is 6.04. The molecule has 208 valence electrons. The summed E-state index contributed by atoms with van der Waals surface area (Å²) in [6, 6.07) is 5.95. The first kappa shape index (κ1) is 32.3. The van der Waals surface area contributed by atoms with E-state index in [-0.39, 0.29) is 59.2 Å². The zero-order valence-electron chi connectivity index (χ0n) is 22.8. The van der Waals surface area contributed by atoms with Gasteiger partial charge in [0, 0.05) is 57.2 Å². The number of nitrogens with zero attached hydrogens (tertiary/aromatic N) is 4. The van der Waals surface area contributed by atoms with Crippen molar-refractivity contribution < 1.29 is 39.3 Å². The van der Waals surface area contributed by atoms with Gasteiger partial charge < -0.3 is 15.5 Å². The van der Waals surface area contributed by atoms with Gasteiger partial charge in [-0.1, -0.05) is 39.5 Å². The molecule has 0 atom stereocenters. The Morgan fingerprint density at radius 3 is 1.88 bits per heavy atom. The maximum absolute atomic E-state index is 12.2. The van der Waals surface area contributed by atoms with Gasteiger partial charge in [-0.25, -0.2) is 9.97 Å². The molecule has 0 saturated heterocycles. The van der Waals surface area contributed by atoms with Crippen molar-refractivity contribution in [1.82, 2.24) is 24.1 Å². The zero-order valence-corrected chi connectivity index (χ0v) is 25.8. The Kier molecular flexibility index (Phi) is 12.6. The van der Waals surface area contributed by atoms with E-state index in [1.807, 2.05) is 6.92 Å². The number of hydrogen-bond donors (Lipinski definition) is 3. The molecule has 4 aromatic heterocycles. The van der Waals surface area contributed by atoms with E-state index in [0.29, 0.717) is 13.0 Å². The molecule has 0 bridgehead atoms. The average molecular weight is 601 g/mol. The predicted molar refractivity (Wildman–Crippen MR) is 147 cm³/mol. The van der Waals surface area contributed by atoms with Crippen molar-refractivity contribution in [2.75, 3.05) is 6.54 Å². The Labute approximate surface area is 243 Å². The van der Waals surface area contributed by atoms with Gasteiger partial charge in [-0.05, 0) is 37.1 Å². The van der Waals surface area contributed by atoms with E-state index in [4.69, 9.17) is 0 Å². The molecule has 1 amide bonds. The molecule has 0 saturated carbocycles. The van der Waals surface area contributed by atoms with Gasteiger partial charge in [0.05, 0.1) is 0 Å². The number of carbonyl (C=O) groups excluding carboxylic acids is 2. The van der Waals surface area contributed by atoms with Gasteiger partial charge in [-0.15, -0.1) is 0 Å². The van der Waals surface area contributed by atoms with Crippen LogP contribution in [0.2, 0.25) is 0 Å². The van der Waals surface area contributed by atoms with E-state index in [0.717, 1.165) is 42.9 Å². The number of aromatic nitrogens is 4. The Balaban J connectivity index is 0.000000274. The number of fused-ring (bicyclic) bond motifs is 2. The fourth-order valence-electron chi connectivity index (χ4n) is 3.85. The number of amides is 1. The summed E-state index contributed by atoms with van der Waals surface area (Å²) in [5, 5.41) is 21.9. The SMILES string of the molecule is CCCCCCC(=O)c1cnc2c(O)cccn2c1=O.CCCCNC(=O)c1cnc2c(O)cccn2c1=O.[Zn]. The number of rotatable bonds is 10. The molecule has 0 aliphatic heterocycles. The molecule has 0 fully saturated rings. The topological polar surface area (TPSA) is 155 Å². The number of nitrogens with one attached hydrogen (secondary N) is 1. The molecule has 12 heteroatoms. The third-order valence-electron chi connectivity index (χ3n) is 6.04. The number of ketones is 1. The summed E-state index contributed by atoms with van der Waals surface area (Å²) in [4.78, 5) is 56.1. The van der Waals surface area contributed by atoms with E-state index in [1.165, 1.54) is 47.4 Å². The van der Waals surface area contributed by atoms with Gasteiger partial charge in [0.2, 0.25) is 0 Å². The molecular formula is C28H33N5O6Zn. The first-order valence-corrected chi connectivity index (χ1v) is 13.0. The molecule has 0 unspecified atom stereocenters. The second-order valence-corrected chi connectivity index (χ2v) is 8.97. The molecule has 40 heavy (non-hydrogen) atoms. The van der Waals surface area contributed by atoms with Crippen LogP contribution in [0, 0.1) is 0 Å². The fraction of sp³-hybridized carbons (Fsp3) is 0.357. The number of Topliss-reactive ketones (excluding diaryl/α,β-unsaturated/α-hetero) is 1. The van der Waals surface area contributed by atoms with Gasteiger partial charge in [-0.2, -0.15) is 0 Å². The van der Waals surface area contributed by atoms with Crippen LogP contribution in [0.5, 0.6) is 11.5 Å². The van der Waals surface area contributed by atoms with Crippen molar-refractivity contribution in [1.29, 1.82) is 0 Å². The molecule has 0 spiro atoms. The number of unbranched alkanes of at least 4 members (excludes halogenated alkanes) is 4. The van der Waals surface area contributed by atoms with E-state index in [2.05, 4.69) is 22.2 Å². The molecule has 3 N–H and O–H groups in total. The summed E-state index contributed by atoms with van der Waals surface area (Å²) in [6.45, 7) is 4.65. The Morgan fingerprint density at radius 2 is 1.32 bits per heavy atom. The normalized spacial score (nSPS) is 10.4. The number of aromatic hydroxyl groups is 2. The van der Waals surface area contributed by atoms with Crippen molar-refractivity contribution in [3.8, 4) is 11.5 Å². The molecule has 0 radical (unpaired) electrons. The molecule has 0 aliphatic carbocycles. The van der Waals surface area contributed by atoms with Crippen LogP contribution in [-0.4, -0.2) is 47.2 Å². The molecule has 0 aliphatic rings. The standard InChI is InChI=1S/C15H18N2O3.C13H15N3O3.Zn/c1-2-3-4-5-7-12(18)11-10-16-14-13(19)8-6-9-17(14)15(11)20;1-2-3-6-14-12(18)9-8-15-11-10(17)5-4-7-16(11)13(9)19;/h6,8-10,19H,2-5,7H2,1H3;4-5,7-8,17H,2-3,6H2,1H3,(H,14,18);. The summed E-state index contributed by atoms with van der Waals surface area (Å²) in [5.74, 6) is -0.802. The van der Waals surface area contributed by atoms with Gasteiger partial charge in [0.25, 0.3) is 17.0 Å². The van der Waals surface area contributed by atoms with E-state index in [1.54, 1.807) is 6.07 Å². The first-order valence-electron chi connectivity index (χ1n) is 13.0. The van der Waals surface area contributed by atoms with Crippen molar-refractivity contribution in [3.05, 3.63) is 80.9 Å². The quantitative estimate of drug-likeness (QED) is 0.142. The summed E-state index contributed by atoms with van der Waals surface area (Å²) < 4.78 is 2.36. The summed E-state index contributed by atoms with van der Waals surface area (Å²) >= 11 is 0. The van der Waals surface area contributed by atoms with Crippen molar-refractivity contribution in [2.24, 2.45) is 0 Å². The molecular weight excluding hydrogens is 568 g/mol. The second-order valence-electron chi connectivity index (χ2n) is 8.97. The molecule has 11 nitrogen and oxygen atoms in total. The van der Waals surface area contributed by atoms with Crippen LogP contribution in [0.3, 0.4) is 0 Å². The van der Waals surface area contributed by atoms with E-state index < -0.39 is 17.0 Å². The summed E-state index contributed by atoms with van der Waals surface area (Å²) in [6.07, 6.45) is 11.6. The minimum Gasteiger partial charge on any atom is -0.504 e. The van der Waals surface area contributed by atoms with Gasteiger partial charge in [0.1, 0.15) is 11.1 Å².